The van der Waals surface area contributed by atoms with E-state index in [9.17, 15) is 13.2 Å². The molecule has 0 aliphatic carbocycles. The molecule has 10 heteroatoms. The molecule has 4 N–H and O–H groups in total. The lowest BCUT2D eigenvalue weighted by molar-refractivity contribution is 0.0995. The zero-order valence-electron chi connectivity index (χ0n) is 14.1. The molecular formula is C17H15BrN4O4S. The normalized spacial score (nSPS) is 11.4. The number of benzene rings is 2. The smallest absolute Gasteiger partial charge is 0.269 e. The number of aromatic nitrogens is 2. The summed E-state index contributed by atoms with van der Waals surface area (Å²) >= 11 is 3.43. The number of rotatable bonds is 5. The Labute approximate surface area is 163 Å². The molecule has 0 saturated carbocycles. The van der Waals surface area contributed by atoms with Crippen LogP contribution in [0.4, 0.5) is 0 Å². The van der Waals surface area contributed by atoms with Crippen LogP contribution in [-0.4, -0.2) is 31.2 Å². The van der Waals surface area contributed by atoms with E-state index in [0.29, 0.717) is 17.1 Å². The molecule has 0 saturated heterocycles. The summed E-state index contributed by atoms with van der Waals surface area (Å²) in [5.41, 5.74) is 7.33. The van der Waals surface area contributed by atoms with Crippen LogP contribution in [0.1, 0.15) is 10.5 Å². The number of primary sulfonamides is 1. The van der Waals surface area contributed by atoms with E-state index in [-0.39, 0.29) is 10.6 Å². The number of hydrogen-bond donors (Lipinski definition) is 2. The van der Waals surface area contributed by atoms with E-state index in [0.717, 1.165) is 10.0 Å². The van der Waals surface area contributed by atoms with Crippen LogP contribution >= 0.6 is 15.9 Å². The number of methoxy groups -OCH3 is 1. The Kier molecular flexibility index (Phi) is 5.05. The van der Waals surface area contributed by atoms with Crippen LogP contribution in [0.2, 0.25) is 0 Å². The summed E-state index contributed by atoms with van der Waals surface area (Å²) < 4.78 is 30.3. The van der Waals surface area contributed by atoms with Gasteiger partial charge in [-0.3, -0.25) is 4.79 Å². The highest BCUT2D eigenvalue weighted by atomic mass is 79.9. The van der Waals surface area contributed by atoms with Crippen molar-refractivity contribution < 1.29 is 17.9 Å². The Morgan fingerprint density at radius 2 is 1.81 bits per heavy atom. The summed E-state index contributed by atoms with van der Waals surface area (Å²) in [6.07, 6.45) is 0. The van der Waals surface area contributed by atoms with Crippen LogP contribution in [0.25, 0.3) is 16.9 Å². The Morgan fingerprint density at radius 3 is 2.33 bits per heavy atom. The lowest BCUT2D eigenvalue weighted by atomic mass is 10.1. The van der Waals surface area contributed by atoms with Gasteiger partial charge in [-0.25, -0.2) is 18.2 Å². The number of carbonyl (C=O) groups excluding carboxylic acids is 1. The van der Waals surface area contributed by atoms with E-state index in [1.54, 1.807) is 37.4 Å². The second-order valence-corrected chi connectivity index (χ2v) is 7.99. The first-order valence-corrected chi connectivity index (χ1v) is 9.91. The SMILES string of the molecule is COc1ccc(-c2cc(C(N)=O)nn2-c2ccc(S(N)(=O)=O)cc2)cc1Br. The minimum absolute atomic E-state index is 0.0257. The van der Waals surface area contributed by atoms with Gasteiger partial charge in [0.05, 0.1) is 27.9 Å². The minimum Gasteiger partial charge on any atom is -0.496 e. The fourth-order valence-corrected chi connectivity index (χ4v) is 3.56. The lowest BCUT2D eigenvalue weighted by Gasteiger charge is -2.10. The molecule has 2 aromatic carbocycles. The van der Waals surface area contributed by atoms with E-state index in [4.69, 9.17) is 15.6 Å². The number of sulfonamides is 1. The van der Waals surface area contributed by atoms with Gasteiger partial charge in [0.15, 0.2) is 5.69 Å². The largest absolute Gasteiger partial charge is 0.496 e. The van der Waals surface area contributed by atoms with Gasteiger partial charge in [-0.1, -0.05) is 0 Å². The van der Waals surface area contributed by atoms with Crippen LogP contribution in [0.3, 0.4) is 0 Å². The first-order valence-electron chi connectivity index (χ1n) is 7.57. The van der Waals surface area contributed by atoms with Crippen LogP contribution in [-0.2, 0) is 10.0 Å². The standard InChI is InChI=1S/C17H15BrN4O4S/c1-26-16-7-2-10(8-13(16)18)15-9-14(17(19)23)21-22(15)11-3-5-12(6-4-11)27(20,24)25/h2-9H,1H3,(H2,19,23)(H2,20,24,25). The van der Waals surface area contributed by atoms with Gasteiger partial charge in [-0.15, -0.1) is 0 Å². The number of nitrogens with two attached hydrogens (primary N) is 2. The fraction of sp³-hybridized carbons (Fsp3) is 0.0588. The van der Waals surface area contributed by atoms with Crippen molar-refractivity contribution in [3.05, 3.63) is 58.7 Å². The third-order valence-corrected chi connectivity index (χ3v) is 5.37. The summed E-state index contributed by atoms with van der Waals surface area (Å²) in [4.78, 5) is 11.6. The molecule has 0 bridgehead atoms. The Morgan fingerprint density at radius 1 is 1.15 bits per heavy atom. The first-order chi connectivity index (χ1) is 12.7. The van der Waals surface area contributed by atoms with Gasteiger partial charge in [0.25, 0.3) is 5.91 Å². The molecule has 0 aliphatic heterocycles. The van der Waals surface area contributed by atoms with Gasteiger partial charge >= 0.3 is 0 Å². The van der Waals surface area contributed by atoms with Crippen molar-refractivity contribution >= 4 is 31.9 Å². The Balaban J connectivity index is 2.15. The second kappa shape index (κ2) is 7.14. The summed E-state index contributed by atoms with van der Waals surface area (Å²) in [7, 11) is -2.25. The first kappa shape index (κ1) is 19.1. The van der Waals surface area contributed by atoms with Gasteiger partial charge in [0, 0.05) is 5.56 Å². The molecule has 3 aromatic rings. The number of nitrogens with zero attached hydrogens (tertiary/aromatic N) is 2. The zero-order valence-corrected chi connectivity index (χ0v) is 16.5. The number of hydrogen-bond acceptors (Lipinski definition) is 5. The summed E-state index contributed by atoms with van der Waals surface area (Å²) in [6, 6.07) is 12.8. The van der Waals surface area contributed by atoms with Gasteiger partial charge < -0.3 is 10.5 Å². The van der Waals surface area contributed by atoms with Crippen molar-refractivity contribution in [3.8, 4) is 22.7 Å². The van der Waals surface area contributed by atoms with Crippen molar-refractivity contribution in [1.29, 1.82) is 0 Å². The average molecular weight is 451 g/mol. The third kappa shape index (κ3) is 3.87. The predicted molar refractivity (Wildman–Crippen MR) is 103 cm³/mol. The molecule has 8 nitrogen and oxygen atoms in total. The number of carbonyl (C=O) groups is 1. The van der Waals surface area contributed by atoms with Crippen molar-refractivity contribution in [2.45, 2.75) is 4.90 Å². The van der Waals surface area contributed by atoms with Gasteiger partial charge in [-0.05, 0) is 64.5 Å². The van der Waals surface area contributed by atoms with Crippen molar-refractivity contribution in [1.82, 2.24) is 9.78 Å². The monoisotopic (exact) mass is 450 g/mol. The molecule has 0 aliphatic rings. The zero-order chi connectivity index (χ0) is 19.8. The van der Waals surface area contributed by atoms with Gasteiger partial charge in [-0.2, -0.15) is 5.10 Å². The van der Waals surface area contributed by atoms with Crippen molar-refractivity contribution in [2.75, 3.05) is 7.11 Å². The molecule has 140 valence electrons. The number of ether oxygens (including phenoxy) is 1. The molecule has 0 fully saturated rings. The molecule has 1 amide bonds. The van der Waals surface area contributed by atoms with Gasteiger partial charge in [0.1, 0.15) is 5.75 Å². The average Bonchev–Trinajstić information content (AvgIpc) is 3.06. The Bertz CT molecular complexity index is 1120. The number of amides is 1. The lowest BCUT2D eigenvalue weighted by Crippen LogP contribution is -2.13. The van der Waals surface area contributed by atoms with E-state index < -0.39 is 15.9 Å². The predicted octanol–water partition coefficient (Wildman–Crippen LogP) is 2.06. The van der Waals surface area contributed by atoms with E-state index in [1.165, 1.54) is 16.8 Å². The fourth-order valence-electron chi connectivity index (χ4n) is 2.51. The van der Waals surface area contributed by atoms with E-state index in [2.05, 4.69) is 21.0 Å². The molecule has 0 spiro atoms. The molecular weight excluding hydrogens is 436 g/mol. The highest BCUT2D eigenvalue weighted by Gasteiger charge is 2.17. The molecule has 0 unspecified atom stereocenters. The van der Waals surface area contributed by atoms with Crippen molar-refractivity contribution in [3.63, 3.8) is 0 Å². The molecule has 1 heterocycles. The molecule has 1 aromatic heterocycles. The van der Waals surface area contributed by atoms with Crippen LogP contribution in [0.15, 0.2) is 57.9 Å². The Hall–Kier alpha value is -2.69. The van der Waals surface area contributed by atoms with Crippen LogP contribution in [0, 0.1) is 0 Å². The third-order valence-electron chi connectivity index (χ3n) is 3.82. The number of primary amides is 1. The molecule has 0 atom stereocenters. The van der Waals surface area contributed by atoms with Gasteiger partial charge in [0.2, 0.25) is 10.0 Å². The topological polar surface area (TPSA) is 130 Å². The van der Waals surface area contributed by atoms with E-state index >= 15 is 0 Å². The molecule has 27 heavy (non-hydrogen) atoms. The second-order valence-electron chi connectivity index (χ2n) is 5.58. The van der Waals surface area contributed by atoms with Crippen molar-refractivity contribution in [2.24, 2.45) is 10.9 Å². The molecule has 0 radical (unpaired) electrons. The number of halogens is 1. The maximum atomic E-state index is 11.6. The maximum absolute atomic E-state index is 11.6. The summed E-state index contributed by atoms with van der Waals surface area (Å²) in [5, 5.41) is 9.36. The maximum Gasteiger partial charge on any atom is 0.269 e. The molecule has 3 rings (SSSR count). The van der Waals surface area contributed by atoms with Crippen LogP contribution in [0.5, 0.6) is 5.75 Å². The highest BCUT2D eigenvalue weighted by Crippen LogP contribution is 2.32. The summed E-state index contributed by atoms with van der Waals surface area (Å²) in [6.45, 7) is 0. The quantitative estimate of drug-likeness (QED) is 0.613. The highest BCUT2D eigenvalue weighted by molar-refractivity contribution is 9.10. The summed E-state index contributed by atoms with van der Waals surface area (Å²) in [5.74, 6) is -0.0267. The van der Waals surface area contributed by atoms with E-state index in [1.807, 2.05) is 6.07 Å². The minimum atomic E-state index is -3.81. The van der Waals surface area contributed by atoms with Crippen LogP contribution < -0.4 is 15.6 Å².